The Labute approximate surface area is 211 Å². The molecular weight excluding hydrogens is 456 g/mol. The van der Waals surface area contributed by atoms with Crippen molar-refractivity contribution < 1.29 is 23.9 Å². The number of benzene rings is 3. The van der Waals surface area contributed by atoms with E-state index in [0.717, 1.165) is 18.5 Å². The van der Waals surface area contributed by atoms with Gasteiger partial charge in [0.1, 0.15) is 5.75 Å². The van der Waals surface area contributed by atoms with Gasteiger partial charge in [-0.1, -0.05) is 60.7 Å². The van der Waals surface area contributed by atoms with E-state index in [9.17, 15) is 14.4 Å². The van der Waals surface area contributed by atoms with Crippen LogP contribution in [0.2, 0.25) is 0 Å². The molecule has 7 heteroatoms. The van der Waals surface area contributed by atoms with Gasteiger partial charge in [-0.25, -0.2) is 4.79 Å². The average molecular weight is 487 g/mol. The summed E-state index contributed by atoms with van der Waals surface area (Å²) >= 11 is 0. The fourth-order valence-corrected chi connectivity index (χ4v) is 4.28. The van der Waals surface area contributed by atoms with Crippen LogP contribution in [0.3, 0.4) is 0 Å². The Kier molecular flexibility index (Phi) is 8.70. The van der Waals surface area contributed by atoms with E-state index in [1.165, 1.54) is 11.1 Å². The van der Waals surface area contributed by atoms with Gasteiger partial charge in [0.2, 0.25) is 5.91 Å². The second kappa shape index (κ2) is 12.5. The fourth-order valence-electron chi connectivity index (χ4n) is 4.28. The van der Waals surface area contributed by atoms with Crippen LogP contribution < -0.4 is 15.0 Å². The van der Waals surface area contributed by atoms with Crippen molar-refractivity contribution in [3.8, 4) is 5.75 Å². The van der Waals surface area contributed by atoms with Crippen LogP contribution in [0, 0.1) is 0 Å². The third-order valence-electron chi connectivity index (χ3n) is 6.10. The van der Waals surface area contributed by atoms with Gasteiger partial charge in [0.15, 0.2) is 13.2 Å². The van der Waals surface area contributed by atoms with E-state index in [1.54, 1.807) is 29.2 Å². The molecule has 3 aromatic carbocycles. The molecule has 186 valence electrons. The van der Waals surface area contributed by atoms with Crippen LogP contribution in [0.25, 0.3) is 0 Å². The second-order valence-corrected chi connectivity index (χ2v) is 8.60. The molecule has 0 aromatic heterocycles. The van der Waals surface area contributed by atoms with Crippen LogP contribution in [0.1, 0.15) is 36.3 Å². The zero-order valence-corrected chi connectivity index (χ0v) is 20.1. The molecule has 0 radical (unpaired) electrons. The van der Waals surface area contributed by atoms with Gasteiger partial charge in [0.25, 0.3) is 5.91 Å². The van der Waals surface area contributed by atoms with E-state index < -0.39 is 5.97 Å². The van der Waals surface area contributed by atoms with Gasteiger partial charge >= 0.3 is 5.97 Å². The summed E-state index contributed by atoms with van der Waals surface area (Å²) in [6, 6.07) is 27.3. The Balaban J connectivity index is 1.17. The minimum Gasteiger partial charge on any atom is -0.482 e. The monoisotopic (exact) mass is 486 g/mol. The maximum atomic E-state index is 12.2. The van der Waals surface area contributed by atoms with Gasteiger partial charge in [0.05, 0.1) is 0 Å². The van der Waals surface area contributed by atoms with Crippen molar-refractivity contribution in [2.45, 2.75) is 25.2 Å². The molecule has 1 heterocycles. The second-order valence-electron chi connectivity index (χ2n) is 8.60. The summed E-state index contributed by atoms with van der Waals surface area (Å²) in [5.41, 5.74) is 3.18. The van der Waals surface area contributed by atoms with Gasteiger partial charge in [-0.15, -0.1) is 0 Å². The van der Waals surface area contributed by atoms with Crippen molar-refractivity contribution in [2.75, 3.05) is 31.2 Å². The SMILES string of the molecule is O=C(COC(=O)COc1ccc(N2CCCC2=O)cc1)NCCC(c1ccccc1)c1ccccc1. The number of hydrogen-bond acceptors (Lipinski definition) is 5. The van der Waals surface area contributed by atoms with Crippen LogP contribution in [0.4, 0.5) is 5.69 Å². The van der Waals surface area contributed by atoms with Gasteiger partial charge in [-0.2, -0.15) is 0 Å². The van der Waals surface area contributed by atoms with Gasteiger partial charge in [-0.3, -0.25) is 9.59 Å². The first-order valence-corrected chi connectivity index (χ1v) is 12.2. The fraction of sp³-hybridized carbons (Fsp3) is 0.276. The van der Waals surface area contributed by atoms with Crippen molar-refractivity contribution >= 4 is 23.5 Å². The zero-order valence-electron chi connectivity index (χ0n) is 20.1. The van der Waals surface area contributed by atoms with Crippen molar-refractivity contribution in [1.29, 1.82) is 0 Å². The molecule has 1 aliphatic rings. The first-order valence-electron chi connectivity index (χ1n) is 12.2. The van der Waals surface area contributed by atoms with E-state index >= 15 is 0 Å². The summed E-state index contributed by atoms with van der Waals surface area (Å²) in [5, 5.41) is 2.83. The van der Waals surface area contributed by atoms with E-state index in [-0.39, 0.29) is 30.9 Å². The summed E-state index contributed by atoms with van der Waals surface area (Å²) < 4.78 is 10.5. The summed E-state index contributed by atoms with van der Waals surface area (Å²) in [6.45, 7) is 0.499. The molecule has 4 rings (SSSR count). The molecule has 3 aromatic rings. The predicted octanol–water partition coefficient (Wildman–Crippen LogP) is 4.07. The zero-order chi connectivity index (χ0) is 25.2. The van der Waals surface area contributed by atoms with Gasteiger partial charge in [0, 0.05) is 31.1 Å². The van der Waals surface area contributed by atoms with Gasteiger partial charge in [-0.05, 0) is 48.2 Å². The predicted molar refractivity (Wildman–Crippen MR) is 137 cm³/mol. The molecule has 1 N–H and O–H groups in total. The van der Waals surface area contributed by atoms with Gasteiger partial charge < -0.3 is 19.7 Å². The molecule has 7 nitrogen and oxygen atoms in total. The Morgan fingerprint density at radius 3 is 2.08 bits per heavy atom. The summed E-state index contributed by atoms with van der Waals surface area (Å²) in [7, 11) is 0. The van der Waals surface area contributed by atoms with E-state index in [0.29, 0.717) is 25.3 Å². The molecule has 0 unspecified atom stereocenters. The third-order valence-corrected chi connectivity index (χ3v) is 6.10. The van der Waals surface area contributed by atoms with Crippen LogP contribution >= 0.6 is 0 Å². The van der Waals surface area contributed by atoms with Crippen molar-refractivity contribution in [3.63, 3.8) is 0 Å². The van der Waals surface area contributed by atoms with E-state index in [1.807, 2.05) is 36.4 Å². The first-order chi connectivity index (χ1) is 17.6. The number of anilines is 1. The maximum absolute atomic E-state index is 12.2. The number of rotatable bonds is 11. The van der Waals surface area contributed by atoms with E-state index in [2.05, 4.69) is 29.6 Å². The minimum atomic E-state index is -0.629. The van der Waals surface area contributed by atoms with E-state index in [4.69, 9.17) is 9.47 Å². The highest BCUT2D eigenvalue weighted by atomic mass is 16.6. The molecule has 1 saturated heterocycles. The number of esters is 1. The van der Waals surface area contributed by atoms with Crippen LogP contribution in [0.5, 0.6) is 5.75 Å². The smallest absolute Gasteiger partial charge is 0.344 e. The lowest BCUT2D eigenvalue weighted by molar-refractivity contribution is -0.150. The third kappa shape index (κ3) is 6.95. The van der Waals surface area contributed by atoms with Crippen LogP contribution in [-0.2, 0) is 19.1 Å². The number of carbonyl (C=O) groups is 3. The number of nitrogens with one attached hydrogen (secondary N) is 1. The molecule has 0 saturated carbocycles. The Morgan fingerprint density at radius 1 is 0.861 bits per heavy atom. The Morgan fingerprint density at radius 2 is 1.50 bits per heavy atom. The Hall–Kier alpha value is -4.13. The normalized spacial score (nSPS) is 13.0. The topological polar surface area (TPSA) is 84.9 Å². The Bertz CT molecular complexity index is 1110. The number of nitrogens with zero attached hydrogens (tertiary/aromatic N) is 1. The minimum absolute atomic E-state index is 0.112. The van der Waals surface area contributed by atoms with Crippen LogP contribution in [0.15, 0.2) is 84.9 Å². The molecule has 0 spiro atoms. The molecule has 0 atom stereocenters. The maximum Gasteiger partial charge on any atom is 0.344 e. The number of hydrogen-bond donors (Lipinski definition) is 1. The highest BCUT2D eigenvalue weighted by molar-refractivity contribution is 5.95. The average Bonchev–Trinajstić information content (AvgIpc) is 3.35. The first kappa shape index (κ1) is 25.0. The lowest BCUT2D eigenvalue weighted by Crippen LogP contribution is -2.31. The summed E-state index contributed by atoms with van der Waals surface area (Å²) in [5.74, 6) is -0.238. The number of amides is 2. The molecular formula is C29H30N2O5. The van der Waals surface area contributed by atoms with Crippen molar-refractivity contribution in [2.24, 2.45) is 0 Å². The quantitative estimate of drug-likeness (QED) is 0.413. The molecule has 1 aliphatic heterocycles. The summed E-state index contributed by atoms with van der Waals surface area (Å²) in [6.07, 6.45) is 2.14. The number of carbonyl (C=O) groups excluding carboxylic acids is 3. The molecule has 1 fully saturated rings. The lowest BCUT2D eigenvalue weighted by atomic mass is 9.88. The molecule has 0 aliphatic carbocycles. The van der Waals surface area contributed by atoms with Crippen LogP contribution in [-0.4, -0.2) is 44.1 Å². The molecule has 36 heavy (non-hydrogen) atoms. The van der Waals surface area contributed by atoms with Crippen molar-refractivity contribution in [1.82, 2.24) is 5.32 Å². The highest BCUT2D eigenvalue weighted by Crippen LogP contribution is 2.27. The highest BCUT2D eigenvalue weighted by Gasteiger charge is 2.21. The number of ether oxygens (including phenoxy) is 2. The molecule has 0 bridgehead atoms. The molecule has 2 amide bonds. The summed E-state index contributed by atoms with van der Waals surface area (Å²) in [4.78, 5) is 37.8. The lowest BCUT2D eigenvalue weighted by Gasteiger charge is -2.18. The standard InChI is InChI=1S/C29H30N2O5/c32-27(30-18-17-26(22-8-3-1-4-9-22)23-10-5-2-6-11-23)20-36-29(34)21-35-25-15-13-24(14-16-25)31-19-7-12-28(31)33/h1-6,8-11,13-16,26H,7,12,17-21H2,(H,30,32). The largest absolute Gasteiger partial charge is 0.482 e. The van der Waals surface area contributed by atoms with Crippen molar-refractivity contribution in [3.05, 3.63) is 96.1 Å².